The molecule has 3 rings (SSSR count). The number of halogens is 1. The number of sulfonamides is 1. The molecule has 0 aliphatic carbocycles. The largest absolute Gasteiger partial charge is 0.342 e. The summed E-state index contributed by atoms with van der Waals surface area (Å²) in [5, 5.41) is 3.21. The second-order valence-corrected chi connectivity index (χ2v) is 9.73. The van der Waals surface area contributed by atoms with E-state index >= 15 is 0 Å². The zero-order valence-corrected chi connectivity index (χ0v) is 18.2. The Labute approximate surface area is 175 Å². The molecular formula is C20H32ClN3O3S. The van der Waals surface area contributed by atoms with Crippen molar-refractivity contribution < 1.29 is 13.2 Å². The molecule has 2 aliphatic rings. The van der Waals surface area contributed by atoms with E-state index in [1.54, 1.807) is 0 Å². The molecule has 0 aromatic heterocycles. The van der Waals surface area contributed by atoms with Crippen LogP contribution in [0.1, 0.15) is 31.2 Å². The monoisotopic (exact) mass is 429 g/mol. The number of hydrogen-bond donors (Lipinski definition) is 1. The fraction of sp³-hybridized carbons (Fsp3) is 0.650. The Morgan fingerprint density at radius 3 is 2.43 bits per heavy atom. The number of carbonyl (C=O) groups excluding carboxylic acids is 1. The molecule has 1 amide bonds. The molecule has 158 valence electrons. The van der Waals surface area contributed by atoms with Crippen molar-refractivity contribution in [3.8, 4) is 0 Å². The van der Waals surface area contributed by atoms with Gasteiger partial charge in [0.25, 0.3) is 0 Å². The first kappa shape index (κ1) is 23.1. The molecule has 0 spiro atoms. The van der Waals surface area contributed by atoms with Gasteiger partial charge >= 0.3 is 0 Å². The smallest absolute Gasteiger partial charge is 0.227 e. The molecule has 0 bridgehead atoms. The van der Waals surface area contributed by atoms with Gasteiger partial charge in [0.1, 0.15) is 0 Å². The summed E-state index contributed by atoms with van der Waals surface area (Å²) in [4.78, 5) is 14.9. The molecule has 2 saturated heterocycles. The number of rotatable bonds is 6. The van der Waals surface area contributed by atoms with Gasteiger partial charge in [0.15, 0.2) is 0 Å². The molecule has 0 radical (unpaired) electrons. The summed E-state index contributed by atoms with van der Waals surface area (Å²) in [6.45, 7) is 3.42. The molecule has 6 nitrogen and oxygen atoms in total. The number of amides is 1. The first-order chi connectivity index (χ1) is 13.0. The summed E-state index contributed by atoms with van der Waals surface area (Å²) in [6.07, 6.45) is 3.58. The predicted octanol–water partition coefficient (Wildman–Crippen LogP) is 2.11. The zero-order chi connectivity index (χ0) is 19.3. The van der Waals surface area contributed by atoms with Crippen molar-refractivity contribution in [3.63, 3.8) is 0 Å². The van der Waals surface area contributed by atoms with Crippen LogP contribution in [0.2, 0.25) is 0 Å². The summed E-state index contributed by atoms with van der Waals surface area (Å²) >= 11 is 0. The van der Waals surface area contributed by atoms with Gasteiger partial charge in [0.05, 0.1) is 11.7 Å². The quantitative estimate of drug-likeness (QED) is 0.751. The van der Waals surface area contributed by atoms with Crippen LogP contribution in [0.4, 0.5) is 0 Å². The fourth-order valence-electron chi connectivity index (χ4n) is 4.18. The van der Waals surface area contributed by atoms with Gasteiger partial charge in [-0.1, -0.05) is 30.3 Å². The lowest BCUT2D eigenvalue weighted by Crippen LogP contribution is -2.49. The third-order valence-corrected chi connectivity index (χ3v) is 7.55. The van der Waals surface area contributed by atoms with Crippen molar-refractivity contribution in [2.45, 2.75) is 31.4 Å². The van der Waals surface area contributed by atoms with Crippen LogP contribution >= 0.6 is 12.4 Å². The van der Waals surface area contributed by atoms with Gasteiger partial charge < -0.3 is 10.2 Å². The number of nitrogens with one attached hydrogen (secondary N) is 1. The Morgan fingerprint density at radius 1 is 1.11 bits per heavy atom. The van der Waals surface area contributed by atoms with Crippen molar-refractivity contribution in [2.24, 2.45) is 11.8 Å². The Kier molecular flexibility index (Phi) is 8.74. The fourth-order valence-corrected chi connectivity index (χ4v) is 5.79. The minimum absolute atomic E-state index is 0. The van der Waals surface area contributed by atoms with E-state index in [9.17, 15) is 13.2 Å². The highest BCUT2D eigenvalue weighted by atomic mass is 35.5. The first-order valence-electron chi connectivity index (χ1n) is 9.94. The van der Waals surface area contributed by atoms with E-state index in [0.29, 0.717) is 19.0 Å². The molecule has 8 heteroatoms. The molecule has 28 heavy (non-hydrogen) atoms. The van der Waals surface area contributed by atoms with E-state index in [4.69, 9.17) is 0 Å². The summed E-state index contributed by atoms with van der Waals surface area (Å²) in [5.74, 6) is 0.570. The number of hydrogen-bond acceptors (Lipinski definition) is 4. The van der Waals surface area contributed by atoms with Gasteiger partial charge in [0.2, 0.25) is 15.9 Å². The van der Waals surface area contributed by atoms with Crippen LogP contribution in [0.5, 0.6) is 0 Å². The first-order valence-corrected chi connectivity index (χ1v) is 11.6. The van der Waals surface area contributed by atoms with Crippen molar-refractivity contribution in [3.05, 3.63) is 35.9 Å². The molecule has 1 aromatic carbocycles. The summed E-state index contributed by atoms with van der Waals surface area (Å²) in [7, 11) is -1.43. The van der Waals surface area contributed by atoms with Crippen molar-refractivity contribution in [1.82, 2.24) is 14.5 Å². The predicted molar refractivity (Wildman–Crippen MR) is 114 cm³/mol. The molecule has 0 saturated carbocycles. The van der Waals surface area contributed by atoms with Crippen LogP contribution in [-0.2, 0) is 20.6 Å². The maximum Gasteiger partial charge on any atom is 0.227 e. The van der Waals surface area contributed by atoms with Crippen LogP contribution in [0.3, 0.4) is 0 Å². The topological polar surface area (TPSA) is 69.7 Å². The van der Waals surface area contributed by atoms with E-state index in [-0.39, 0.29) is 30.0 Å². The average molecular weight is 430 g/mol. The molecule has 1 aromatic rings. The van der Waals surface area contributed by atoms with Crippen molar-refractivity contribution in [1.29, 1.82) is 0 Å². The minimum Gasteiger partial charge on any atom is -0.342 e. The Hall–Kier alpha value is -1.15. The Morgan fingerprint density at radius 2 is 1.79 bits per heavy atom. The highest BCUT2D eigenvalue weighted by Crippen LogP contribution is 2.25. The molecule has 1 atom stereocenters. The van der Waals surface area contributed by atoms with Crippen LogP contribution in [0, 0.1) is 11.8 Å². The van der Waals surface area contributed by atoms with E-state index in [0.717, 1.165) is 50.9 Å². The molecule has 1 N–H and O–H groups in total. The standard InChI is InChI=1S/C20H31N3O3S.ClH/c1-21-14-17-9-12-22(13-10-17)20(24)19-8-5-11-23(15-19)27(25,26)16-18-6-3-2-4-7-18;/h2-4,6-7,17,19,21H,5,8-16H2,1H3;1H. The van der Waals surface area contributed by atoms with Crippen molar-refractivity contribution >= 4 is 28.3 Å². The minimum atomic E-state index is -3.40. The molecule has 2 aliphatic heterocycles. The Balaban J connectivity index is 0.00000280. The van der Waals surface area contributed by atoms with Gasteiger partial charge in [-0.3, -0.25) is 4.79 Å². The van der Waals surface area contributed by atoms with Crippen LogP contribution < -0.4 is 5.32 Å². The number of nitrogens with zero attached hydrogens (tertiary/aromatic N) is 2. The number of carbonyl (C=O) groups is 1. The Bertz CT molecular complexity index is 721. The van der Waals surface area contributed by atoms with Gasteiger partial charge in [-0.25, -0.2) is 12.7 Å². The summed E-state index contributed by atoms with van der Waals surface area (Å²) in [5.41, 5.74) is 0.789. The number of likely N-dealkylation sites (tertiary alicyclic amines) is 1. The second kappa shape index (κ2) is 10.6. The second-order valence-electron chi connectivity index (χ2n) is 7.77. The molecule has 2 fully saturated rings. The lowest BCUT2D eigenvalue weighted by molar-refractivity contribution is -0.138. The summed E-state index contributed by atoms with van der Waals surface area (Å²) in [6, 6.07) is 9.25. The lowest BCUT2D eigenvalue weighted by atomic mass is 9.93. The zero-order valence-electron chi connectivity index (χ0n) is 16.5. The maximum absolute atomic E-state index is 12.9. The third-order valence-electron chi connectivity index (χ3n) is 5.74. The summed E-state index contributed by atoms with van der Waals surface area (Å²) < 4.78 is 27.1. The maximum atomic E-state index is 12.9. The van der Waals surface area contributed by atoms with Gasteiger partial charge in [-0.15, -0.1) is 12.4 Å². The van der Waals surface area contributed by atoms with Crippen molar-refractivity contribution in [2.75, 3.05) is 39.8 Å². The van der Waals surface area contributed by atoms with E-state index in [1.807, 2.05) is 42.3 Å². The van der Waals surface area contributed by atoms with Crippen LogP contribution in [-0.4, -0.2) is 63.3 Å². The number of benzene rings is 1. The van der Waals surface area contributed by atoms with Gasteiger partial charge in [0, 0.05) is 26.2 Å². The van der Waals surface area contributed by atoms with Gasteiger partial charge in [-0.05, 0) is 50.8 Å². The van der Waals surface area contributed by atoms with E-state index in [2.05, 4.69) is 5.32 Å². The van der Waals surface area contributed by atoms with E-state index in [1.165, 1.54) is 4.31 Å². The normalized spacial score (nSPS) is 21.9. The van der Waals surface area contributed by atoms with Crippen LogP contribution in [0.25, 0.3) is 0 Å². The highest BCUT2D eigenvalue weighted by Gasteiger charge is 2.35. The highest BCUT2D eigenvalue weighted by molar-refractivity contribution is 7.88. The molecule has 1 unspecified atom stereocenters. The number of piperidine rings is 2. The van der Waals surface area contributed by atoms with E-state index < -0.39 is 10.0 Å². The average Bonchev–Trinajstić information content (AvgIpc) is 2.69. The molecule has 2 heterocycles. The SMILES string of the molecule is CNCC1CCN(C(=O)C2CCCN(S(=O)(=O)Cc3ccccc3)C2)CC1.Cl. The van der Waals surface area contributed by atoms with Gasteiger partial charge in [-0.2, -0.15) is 0 Å². The van der Waals surface area contributed by atoms with Crippen LogP contribution in [0.15, 0.2) is 30.3 Å². The lowest BCUT2D eigenvalue weighted by Gasteiger charge is -2.37. The third kappa shape index (κ3) is 5.92. The molecular weight excluding hydrogens is 398 g/mol.